The number of amides is 2. The van der Waals surface area contributed by atoms with E-state index in [1.54, 1.807) is 17.0 Å². The van der Waals surface area contributed by atoms with Crippen LogP contribution in [0.1, 0.15) is 20.3 Å². The Labute approximate surface area is 159 Å². The summed E-state index contributed by atoms with van der Waals surface area (Å²) < 4.78 is 31.8. The van der Waals surface area contributed by atoms with Gasteiger partial charge in [0.15, 0.2) is 0 Å². The van der Waals surface area contributed by atoms with Crippen LogP contribution in [0.2, 0.25) is 0 Å². The SMILES string of the molecule is CC(C)N1C[C@H](C(=O)Nc2ccc(S(=O)(=O)N3CCOCC3)cc2)CC1=O. The molecule has 2 heterocycles. The van der Waals surface area contributed by atoms with Crippen molar-refractivity contribution in [2.75, 3.05) is 38.2 Å². The van der Waals surface area contributed by atoms with Crippen LogP contribution in [0.4, 0.5) is 5.69 Å². The number of carbonyl (C=O) groups excluding carboxylic acids is 2. The lowest BCUT2D eigenvalue weighted by Gasteiger charge is -2.26. The van der Waals surface area contributed by atoms with E-state index in [1.165, 1.54) is 16.4 Å². The van der Waals surface area contributed by atoms with Crippen LogP contribution in [0.5, 0.6) is 0 Å². The summed E-state index contributed by atoms with van der Waals surface area (Å²) in [5.41, 5.74) is 0.511. The lowest BCUT2D eigenvalue weighted by molar-refractivity contribution is -0.129. The number of morpholine rings is 1. The molecule has 0 radical (unpaired) electrons. The van der Waals surface area contributed by atoms with Crippen LogP contribution in [0.15, 0.2) is 29.2 Å². The van der Waals surface area contributed by atoms with Crippen LogP contribution >= 0.6 is 0 Å². The Morgan fingerprint density at radius 1 is 1.19 bits per heavy atom. The maximum Gasteiger partial charge on any atom is 0.243 e. The predicted molar refractivity (Wildman–Crippen MR) is 99.6 cm³/mol. The van der Waals surface area contributed by atoms with Gasteiger partial charge in [-0.3, -0.25) is 9.59 Å². The van der Waals surface area contributed by atoms with Crippen LogP contribution in [0, 0.1) is 5.92 Å². The molecule has 148 valence electrons. The fourth-order valence-electron chi connectivity index (χ4n) is 3.30. The summed E-state index contributed by atoms with van der Waals surface area (Å²) in [5, 5.41) is 2.78. The Hall–Kier alpha value is -1.97. The number of rotatable bonds is 5. The summed E-state index contributed by atoms with van der Waals surface area (Å²) in [4.78, 5) is 26.3. The second-order valence-electron chi connectivity index (χ2n) is 7.07. The standard InChI is InChI=1S/C18H25N3O5S/c1-13(2)21-12-14(11-17(21)22)18(23)19-15-3-5-16(6-4-15)27(24,25)20-7-9-26-10-8-20/h3-6,13-14H,7-12H2,1-2H3,(H,19,23)/t14-/m1/s1. The minimum Gasteiger partial charge on any atom is -0.379 e. The highest BCUT2D eigenvalue weighted by atomic mass is 32.2. The molecule has 0 saturated carbocycles. The average Bonchev–Trinajstić information content (AvgIpc) is 3.05. The molecule has 1 aromatic carbocycles. The van der Waals surface area contributed by atoms with Crippen molar-refractivity contribution in [2.24, 2.45) is 5.92 Å². The summed E-state index contributed by atoms with van der Waals surface area (Å²) in [5.74, 6) is -0.635. The fourth-order valence-corrected chi connectivity index (χ4v) is 4.70. The van der Waals surface area contributed by atoms with Gasteiger partial charge in [-0.05, 0) is 38.1 Å². The lowest BCUT2D eigenvalue weighted by atomic mass is 10.1. The molecule has 2 amide bonds. The quantitative estimate of drug-likeness (QED) is 0.799. The predicted octanol–water partition coefficient (Wildman–Crippen LogP) is 0.903. The molecular weight excluding hydrogens is 370 g/mol. The van der Waals surface area contributed by atoms with E-state index in [-0.39, 0.29) is 29.2 Å². The van der Waals surface area contributed by atoms with E-state index in [1.807, 2.05) is 13.8 Å². The molecule has 2 saturated heterocycles. The molecule has 0 bridgehead atoms. The Morgan fingerprint density at radius 3 is 2.37 bits per heavy atom. The number of sulfonamides is 1. The highest BCUT2D eigenvalue weighted by Crippen LogP contribution is 2.23. The van der Waals surface area contributed by atoms with Crippen molar-refractivity contribution >= 4 is 27.5 Å². The van der Waals surface area contributed by atoms with Gasteiger partial charge in [0.25, 0.3) is 0 Å². The molecule has 1 aromatic rings. The topological polar surface area (TPSA) is 96.0 Å². The first-order valence-electron chi connectivity index (χ1n) is 9.07. The van der Waals surface area contributed by atoms with Crippen LogP contribution in [0.3, 0.4) is 0 Å². The summed E-state index contributed by atoms with van der Waals surface area (Å²) in [6, 6.07) is 6.19. The van der Waals surface area contributed by atoms with Crippen molar-refractivity contribution < 1.29 is 22.7 Å². The number of nitrogens with zero attached hydrogens (tertiary/aromatic N) is 2. The maximum absolute atomic E-state index is 12.6. The van der Waals surface area contributed by atoms with E-state index in [0.29, 0.717) is 38.5 Å². The number of hydrogen-bond donors (Lipinski definition) is 1. The molecule has 9 heteroatoms. The Morgan fingerprint density at radius 2 is 1.81 bits per heavy atom. The third-order valence-corrected chi connectivity index (χ3v) is 6.80. The normalized spacial score (nSPS) is 21.7. The third-order valence-electron chi connectivity index (χ3n) is 4.88. The smallest absolute Gasteiger partial charge is 0.243 e. The molecule has 27 heavy (non-hydrogen) atoms. The molecule has 8 nitrogen and oxygen atoms in total. The van der Waals surface area contributed by atoms with Crippen molar-refractivity contribution in [1.29, 1.82) is 0 Å². The van der Waals surface area contributed by atoms with E-state index in [4.69, 9.17) is 4.74 Å². The van der Waals surface area contributed by atoms with E-state index in [0.717, 1.165) is 0 Å². The second kappa shape index (κ2) is 7.95. The van der Waals surface area contributed by atoms with Gasteiger partial charge in [0, 0.05) is 37.8 Å². The summed E-state index contributed by atoms with van der Waals surface area (Å²) in [6.45, 7) is 5.71. The molecule has 2 fully saturated rings. The molecule has 0 aliphatic carbocycles. The van der Waals surface area contributed by atoms with Crippen LogP contribution in [-0.2, 0) is 24.3 Å². The van der Waals surface area contributed by atoms with Gasteiger partial charge in [0.2, 0.25) is 21.8 Å². The van der Waals surface area contributed by atoms with Crippen molar-refractivity contribution in [3.05, 3.63) is 24.3 Å². The van der Waals surface area contributed by atoms with Gasteiger partial charge in [-0.25, -0.2) is 8.42 Å². The van der Waals surface area contributed by atoms with Crippen LogP contribution < -0.4 is 5.32 Å². The van der Waals surface area contributed by atoms with Gasteiger partial charge >= 0.3 is 0 Å². The van der Waals surface area contributed by atoms with Gasteiger partial charge in [0.1, 0.15) is 0 Å². The summed E-state index contributed by atoms with van der Waals surface area (Å²) >= 11 is 0. The maximum atomic E-state index is 12.6. The van der Waals surface area contributed by atoms with Crippen LogP contribution in [-0.4, -0.2) is 68.3 Å². The first-order chi connectivity index (χ1) is 12.8. The second-order valence-corrected chi connectivity index (χ2v) is 9.01. The van der Waals surface area contributed by atoms with Crippen molar-refractivity contribution in [1.82, 2.24) is 9.21 Å². The molecular formula is C18H25N3O5S. The first kappa shape index (κ1) is 19.8. The number of nitrogens with one attached hydrogen (secondary N) is 1. The Balaban J connectivity index is 1.64. The number of benzene rings is 1. The highest BCUT2D eigenvalue weighted by molar-refractivity contribution is 7.89. The molecule has 2 aliphatic rings. The fraction of sp³-hybridized carbons (Fsp3) is 0.556. The third kappa shape index (κ3) is 4.31. The number of ether oxygens (including phenoxy) is 1. The molecule has 3 rings (SSSR count). The van der Waals surface area contributed by atoms with Gasteiger partial charge in [-0.1, -0.05) is 0 Å². The van der Waals surface area contributed by atoms with E-state index >= 15 is 0 Å². The van der Waals surface area contributed by atoms with E-state index in [2.05, 4.69) is 5.32 Å². The zero-order chi connectivity index (χ0) is 19.6. The van der Waals surface area contributed by atoms with Crippen molar-refractivity contribution in [3.63, 3.8) is 0 Å². The number of anilines is 1. The monoisotopic (exact) mass is 395 g/mol. The van der Waals surface area contributed by atoms with Crippen molar-refractivity contribution in [2.45, 2.75) is 31.2 Å². The van der Waals surface area contributed by atoms with Crippen molar-refractivity contribution in [3.8, 4) is 0 Å². The first-order valence-corrected chi connectivity index (χ1v) is 10.5. The Bertz CT molecular complexity index is 801. The van der Waals surface area contributed by atoms with E-state index < -0.39 is 15.9 Å². The minimum absolute atomic E-state index is 0.0166. The Kier molecular flexibility index (Phi) is 5.83. The molecule has 0 spiro atoms. The number of hydrogen-bond acceptors (Lipinski definition) is 5. The molecule has 0 aromatic heterocycles. The van der Waals surface area contributed by atoms with Gasteiger partial charge in [0.05, 0.1) is 24.0 Å². The molecule has 2 aliphatic heterocycles. The molecule has 1 N–H and O–H groups in total. The van der Waals surface area contributed by atoms with Gasteiger partial charge in [-0.15, -0.1) is 0 Å². The highest BCUT2D eigenvalue weighted by Gasteiger charge is 2.35. The zero-order valence-corrected chi connectivity index (χ0v) is 16.4. The molecule has 1 atom stereocenters. The van der Waals surface area contributed by atoms with E-state index in [9.17, 15) is 18.0 Å². The number of likely N-dealkylation sites (tertiary alicyclic amines) is 1. The summed E-state index contributed by atoms with van der Waals surface area (Å²) in [7, 11) is -3.56. The summed E-state index contributed by atoms with van der Waals surface area (Å²) in [6.07, 6.45) is 0.202. The average molecular weight is 395 g/mol. The zero-order valence-electron chi connectivity index (χ0n) is 15.6. The van der Waals surface area contributed by atoms with Gasteiger partial charge in [-0.2, -0.15) is 4.31 Å². The molecule has 0 unspecified atom stereocenters. The largest absolute Gasteiger partial charge is 0.379 e. The minimum atomic E-state index is -3.56. The lowest BCUT2D eigenvalue weighted by Crippen LogP contribution is -2.40. The van der Waals surface area contributed by atoms with Gasteiger partial charge < -0.3 is 15.0 Å². The number of carbonyl (C=O) groups is 2. The van der Waals surface area contributed by atoms with Crippen LogP contribution in [0.25, 0.3) is 0 Å².